The number of carbonyl (C=O) groups excluding carboxylic acids is 1. The fourth-order valence-corrected chi connectivity index (χ4v) is 6.42. The van der Waals surface area contributed by atoms with E-state index >= 15 is 0 Å². The van der Waals surface area contributed by atoms with Crippen LogP contribution in [0.15, 0.2) is 59.5 Å². The van der Waals surface area contributed by atoms with Gasteiger partial charge in [-0.25, -0.2) is 0 Å². The number of amides is 1. The predicted octanol–water partition coefficient (Wildman–Crippen LogP) is 6.38. The van der Waals surface area contributed by atoms with Crippen molar-refractivity contribution in [3.8, 4) is 0 Å². The van der Waals surface area contributed by atoms with E-state index in [0.717, 1.165) is 22.6 Å². The number of thioether (sulfide) groups is 1. The van der Waals surface area contributed by atoms with Crippen LogP contribution in [-0.2, 0) is 11.8 Å². The normalized spacial score (nSPS) is 25.1. The van der Waals surface area contributed by atoms with Crippen molar-refractivity contribution in [2.24, 2.45) is 13.0 Å². The van der Waals surface area contributed by atoms with Gasteiger partial charge in [-0.05, 0) is 50.0 Å². The van der Waals surface area contributed by atoms with Gasteiger partial charge in [-0.1, -0.05) is 67.9 Å². The van der Waals surface area contributed by atoms with Crippen LogP contribution in [-0.4, -0.2) is 26.9 Å². The molecule has 166 valence electrons. The molecule has 1 N–H and O–H groups in total. The van der Waals surface area contributed by atoms with Crippen LogP contribution in [0, 0.1) is 12.8 Å². The highest BCUT2D eigenvalue weighted by molar-refractivity contribution is 8.05. The number of aryl methyl sites for hydroxylation is 1. The Morgan fingerprint density at radius 2 is 1.75 bits per heavy atom. The lowest BCUT2D eigenvalue weighted by atomic mass is 9.85. The lowest BCUT2D eigenvalue weighted by molar-refractivity contribution is -0.129. The Balaban J connectivity index is 1.54. The number of carbonyl (C=O) groups is 1. The first-order valence-electron chi connectivity index (χ1n) is 11.6. The Bertz CT molecular complexity index is 1170. The molecule has 5 rings (SSSR count). The largest absolute Gasteiger partial charge is 0.356 e. The monoisotopic (exact) mass is 445 g/mol. The molecule has 5 heteroatoms. The van der Waals surface area contributed by atoms with E-state index in [1.54, 1.807) is 11.8 Å². The third-order valence-corrected chi connectivity index (χ3v) is 8.26. The number of hydrogen-bond acceptors (Lipinski definition) is 3. The molecule has 2 fully saturated rings. The number of benzene rings is 2. The average molecular weight is 446 g/mol. The maximum Gasteiger partial charge on any atom is 0.262 e. The van der Waals surface area contributed by atoms with Gasteiger partial charge in [0.25, 0.3) is 5.91 Å². The molecule has 1 saturated heterocycles. The van der Waals surface area contributed by atoms with Crippen molar-refractivity contribution in [3.05, 3.63) is 70.8 Å². The van der Waals surface area contributed by atoms with E-state index in [1.165, 1.54) is 35.9 Å². The summed E-state index contributed by atoms with van der Waals surface area (Å²) in [7, 11) is 2.10. The minimum atomic E-state index is -0.0861. The van der Waals surface area contributed by atoms with Crippen molar-refractivity contribution >= 4 is 40.3 Å². The Hall–Kier alpha value is -2.66. The Morgan fingerprint density at radius 1 is 1.03 bits per heavy atom. The standard InChI is InChI=1S/C27H31N3OS/c1-18-11-7-9-15-23(18)30-26(31)25(32-27(30)28-20-12-5-4-6-13-20)17-22-19(2)29(3)24-16-10-8-14-21(22)24/h4-6,8,10,12-14,16-18,23,27-28H,7,9,11,15H2,1-3H3/b25-17-/t18-,23-,27?/m1/s1. The van der Waals surface area contributed by atoms with Crippen molar-refractivity contribution < 1.29 is 4.79 Å². The van der Waals surface area contributed by atoms with Crippen LogP contribution in [0.3, 0.4) is 0 Å². The van der Waals surface area contributed by atoms with E-state index in [-0.39, 0.29) is 17.4 Å². The van der Waals surface area contributed by atoms with E-state index in [2.05, 4.69) is 78.2 Å². The number of anilines is 1. The molecule has 1 unspecified atom stereocenters. The summed E-state index contributed by atoms with van der Waals surface area (Å²) in [4.78, 5) is 16.8. The van der Waals surface area contributed by atoms with E-state index < -0.39 is 0 Å². The van der Waals surface area contributed by atoms with Gasteiger partial charge in [0.15, 0.2) is 5.50 Å². The first-order valence-corrected chi connectivity index (χ1v) is 12.5. The smallest absolute Gasteiger partial charge is 0.262 e. The summed E-state index contributed by atoms with van der Waals surface area (Å²) in [5.41, 5.74) is 4.50. The van der Waals surface area contributed by atoms with Crippen LogP contribution < -0.4 is 5.32 Å². The molecule has 3 aromatic rings. The second-order valence-corrected chi connectivity index (χ2v) is 10.2. The van der Waals surface area contributed by atoms with Crippen molar-refractivity contribution in [2.45, 2.75) is 51.1 Å². The molecule has 0 spiro atoms. The maximum atomic E-state index is 13.8. The second-order valence-electron chi connectivity index (χ2n) is 9.11. The molecule has 1 aromatic heterocycles. The molecule has 2 aromatic carbocycles. The topological polar surface area (TPSA) is 37.3 Å². The van der Waals surface area contributed by atoms with Gasteiger partial charge in [-0.2, -0.15) is 0 Å². The number of nitrogens with one attached hydrogen (secondary N) is 1. The van der Waals surface area contributed by atoms with Gasteiger partial charge in [0, 0.05) is 40.9 Å². The number of nitrogens with zero attached hydrogens (tertiary/aromatic N) is 2. The highest BCUT2D eigenvalue weighted by Crippen LogP contribution is 2.43. The summed E-state index contributed by atoms with van der Waals surface area (Å²) in [6, 6.07) is 19.0. The third kappa shape index (κ3) is 3.73. The van der Waals surface area contributed by atoms with Crippen LogP contribution in [0.1, 0.15) is 43.9 Å². The van der Waals surface area contributed by atoms with Gasteiger partial charge >= 0.3 is 0 Å². The van der Waals surface area contributed by atoms with Gasteiger partial charge in [-0.3, -0.25) is 4.79 Å². The lowest BCUT2D eigenvalue weighted by Crippen LogP contribution is -2.48. The van der Waals surface area contributed by atoms with Gasteiger partial charge in [-0.15, -0.1) is 0 Å². The second kappa shape index (κ2) is 8.70. The minimum Gasteiger partial charge on any atom is -0.356 e. The molecular formula is C27H31N3OS. The number of fused-ring (bicyclic) bond motifs is 1. The highest BCUT2D eigenvalue weighted by Gasteiger charge is 2.43. The number of rotatable bonds is 4. The van der Waals surface area contributed by atoms with Crippen molar-refractivity contribution in [3.63, 3.8) is 0 Å². The van der Waals surface area contributed by atoms with Crippen molar-refractivity contribution in [1.29, 1.82) is 0 Å². The summed E-state index contributed by atoms with van der Waals surface area (Å²) < 4.78 is 2.21. The average Bonchev–Trinajstić information content (AvgIpc) is 3.24. The molecule has 32 heavy (non-hydrogen) atoms. The molecule has 1 amide bonds. The van der Waals surface area contributed by atoms with Crippen molar-refractivity contribution in [1.82, 2.24) is 9.47 Å². The van der Waals surface area contributed by atoms with Gasteiger partial charge in [0.2, 0.25) is 0 Å². The molecular weight excluding hydrogens is 414 g/mol. The SMILES string of the molecule is Cc1c(/C=C2\SC(Nc3ccccc3)N([C@@H]3CCCC[C@H]3C)C2=O)c2ccccc2n1C. The van der Waals surface area contributed by atoms with Crippen LogP contribution >= 0.6 is 11.8 Å². The third-order valence-electron chi connectivity index (χ3n) is 7.15. The summed E-state index contributed by atoms with van der Waals surface area (Å²) in [6.07, 6.45) is 6.86. The molecule has 4 nitrogen and oxygen atoms in total. The molecule has 1 aliphatic carbocycles. The van der Waals surface area contributed by atoms with E-state index in [1.807, 2.05) is 18.2 Å². The van der Waals surface area contributed by atoms with Crippen LogP contribution in [0.4, 0.5) is 5.69 Å². The molecule has 0 bridgehead atoms. The van der Waals surface area contributed by atoms with Crippen molar-refractivity contribution in [2.75, 3.05) is 5.32 Å². The van der Waals surface area contributed by atoms with Gasteiger partial charge < -0.3 is 14.8 Å². The zero-order chi connectivity index (χ0) is 22.2. The quantitative estimate of drug-likeness (QED) is 0.474. The summed E-state index contributed by atoms with van der Waals surface area (Å²) in [5.74, 6) is 0.682. The first-order chi connectivity index (χ1) is 15.5. The summed E-state index contributed by atoms with van der Waals surface area (Å²) >= 11 is 1.66. The van der Waals surface area contributed by atoms with E-state index in [4.69, 9.17) is 0 Å². The molecule has 2 aliphatic rings. The Kier molecular flexibility index (Phi) is 5.76. The fourth-order valence-electron chi connectivity index (χ4n) is 5.23. The number of para-hydroxylation sites is 2. The zero-order valence-electron chi connectivity index (χ0n) is 19.0. The first kappa shape index (κ1) is 21.2. The van der Waals surface area contributed by atoms with Crippen LogP contribution in [0.5, 0.6) is 0 Å². The molecule has 1 aliphatic heterocycles. The lowest BCUT2D eigenvalue weighted by Gasteiger charge is -2.39. The summed E-state index contributed by atoms with van der Waals surface area (Å²) in [6.45, 7) is 4.44. The molecule has 2 heterocycles. The Labute approximate surface area is 194 Å². The maximum absolute atomic E-state index is 13.8. The van der Waals surface area contributed by atoms with E-state index in [0.29, 0.717) is 5.92 Å². The molecule has 1 saturated carbocycles. The summed E-state index contributed by atoms with van der Waals surface area (Å²) in [5, 5.41) is 4.83. The zero-order valence-corrected chi connectivity index (χ0v) is 19.9. The van der Waals surface area contributed by atoms with Gasteiger partial charge in [0.05, 0.1) is 4.91 Å². The predicted molar refractivity (Wildman–Crippen MR) is 135 cm³/mol. The number of aromatic nitrogens is 1. The van der Waals surface area contributed by atoms with Crippen LogP contribution in [0.2, 0.25) is 0 Å². The minimum absolute atomic E-state index is 0.0861. The Morgan fingerprint density at radius 3 is 2.53 bits per heavy atom. The highest BCUT2D eigenvalue weighted by atomic mass is 32.2. The number of hydrogen-bond donors (Lipinski definition) is 1. The molecule has 0 radical (unpaired) electrons. The van der Waals surface area contributed by atoms with E-state index in [9.17, 15) is 4.79 Å². The van der Waals surface area contributed by atoms with Gasteiger partial charge in [0.1, 0.15) is 0 Å². The van der Waals surface area contributed by atoms with Crippen LogP contribution in [0.25, 0.3) is 17.0 Å². The fraction of sp³-hybridized carbons (Fsp3) is 0.370. The molecule has 3 atom stereocenters.